The van der Waals surface area contributed by atoms with E-state index in [0.717, 1.165) is 25.8 Å². The normalized spacial score (nSPS) is 26.3. The third kappa shape index (κ3) is 1.36. The molecule has 6 heteroatoms. The van der Waals surface area contributed by atoms with Crippen LogP contribution in [0.2, 0.25) is 0 Å². The molecule has 1 aromatic heterocycles. The molecule has 0 spiro atoms. The van der Waals surface area contributed by atoms with Crippen molar-refractivity contribution in [3.05, 3.63) is 6.20 Å². The summed E-state index contributed by atoms with van der Waals surface area (Å²) in [5, 5.41) is 7.99. The monoisotopic (exact) mass is 207 g/mol. The fraction of sp³-hybridized carbons (Fsp3) is 0.667. The van der Waals surface area contributed by atoms with Crippen LogP contribution >= 0.6 is 0 Å². The highest BCUT2D eigenvalue weighted by Crippen LogP contribution is 2.33. The number of carbonyl (C=O) groups is 1. The Bertz CT molecular complexity index is 397. The Morgan fingerprint density at radius 3 is 2.80 bits per heavy atom. The minimum absolute atomic E-state index is 0.146. The van der Waals surface area contributed by atoms with Crippen molar-refractivity contribution in [1.29, 1.82) is 0 Å². The molecular weight excluding hydrogens is 194 g/mol. The molecule has 2 heterocycles. The molecule has 2 aliphatic rings. The molecule has 0 bridgehead atoms. The van der Waals surface area contributed by atoms with Crippen LogP contribution in [-0.2, 0) is 4.79 Å². The zero-order valence-corrected chi connectivity index (χ0v) is 8.33. The highest BCUT2D eigenvalue weighted by molar-refractivity contribution is 5.82. The van der Waals surface area contributed by atoms with Gasteiger partial charge in [0.15, 0.2) is 11.9 Å². The average molecular weight is 207 g/mol. The Morgan fingerprint density at radius 2 is 2.20 bits per heavy atom. The maximum Gasteiger partial charge on any atom is 0.249 e. The lowest BCUT2D eigenvalue weighted by molar-refractivity contribution is -0.131. The molecule has 6 nitrogen and oxygen atoms in total. The average Bonchev–Trinajstić information content (AvgIpc) is 2.86. The molecule has 1 amide bonds. The molecule has 1 aromatic rings. The van der Waals surface area contributed by atoms with Gasteiger partial charge in [-0.15, -0.1) is 5.10 Å². The van der Waals surface area contributed by atoms with Gasteiger partial charge in [-0.1, -0.05) is 0 Å². The van der Waals surface area contributed by atoms with E-state index in [1.165, 1.54) is 11.0 Å². The van der Waals surface area contributed by atoms with Gasteiger partial charge in [-0.3, -0.25) is 4.79 Å². The van der Waals surface area contributed by atoms with Crippen molar-refractivity contribution in [1.82, 2.24) is 19.9 Å². The highest BCUT2D eigenvalue weighted by atomic mass is 16.2. The molecule has 1 saturated carbocycles. The van der Waals surface area contributed by atoms with E-state index in [2.05, 4.69) is 10.2 Å². The van der Waals surface area contributed by atoms with E-state index in [1.807, 2.05) is 4.90 Å². The summed E-state index contributed by atoms with van der Waals surface area (Å²) in [6, 6.07) is 0.248. The van der Waals surface area contributed by atoms with Crippen LogP contribution in [0.25, 0.3) is 0 Å². The summed E-state index contributed by atoms with van der Waals surface area (Å²) in [6.45, 7) is 0.829. The van der Waals surface area contributed by atoms with E-state index in [9.17, 15) is 4.79 Å². The zero-order valence-electron chi connectivity index (χ0n) is 8.33. The van der Waals surface area contributed by atoms with Gasteiger partial charge in [-0.05, 0) is 19.3 Å². The minimum atomic E-state index is -0.233. The molecule has 0 radical (unpaired) electrons. The number of nitrogen functional groups attached to an aromatic ring is 1. The molecule has 0 aromatic carbocycles. The number of nitrogens with zero attached hydrogens (tertiary/aromatic N) is 4. The Labute approximate surface area is 87.0 Å². The highest BCUT2D eigenvalue weighted by Gasteiger charge is 2.41. The third-order valence-electron chi connectivity index (χ3n) is 3.00. The number of hydrogen-bond acceptors (Lipinski definition) is 4. The first-order valence-corrected chi connectivity index (χ1v) is 5.23. The zero-order chi connectivity index (χ0) is 10.4. The van der Waals surface area contributed by atoms with Gasteiger partial charge < -0.3 is 10.6 Å². The summed E-state index contributed by atoms with van der Waals surface area (Å²) in [5.74, 6) is 0.515. The Morgan fingerprint density at radius 1 is 1.40 bits per heavy atom. The van der Waals surface area contributed by atoms with Crippen molar-refractivity contribution in [2.45, 2.75) is 31.3 Å². The smallest absolute Gasteiger partial charge is 0.249 e. The number of hydrogen-bond donors (Lipinski definition) is 1. The summed E-state index contributed by atoms with van der Waals surface area (Å²) in [7, 11) is 0. The topological polar surface area (TPSA) is 77.0 Å². The van der Waals surface area contributed by atoms with Crippen molar-refractivity contribution < 1.29 is 4.79 Å². The van der Waals surface area contributed by atoms with Gasteiger partial charge in [0.2, 0.25) is 5.91 Å². The molecule has 1 unspecified atom stereocenters. The number of amides is 1. The molecule has 80 valence electrons. The number of rotatable bonds is 2. The van der Waals surface area contributed by atoms with Crippen molar-refractivity contribution in [3.63, 3.8) is 0 Å². The Hall–Kier alpha value is -1.59. The molecule has 1 aliphatic carbocycles. The maximum absolute atomic E-state index is 12.0. The van der Waals surface area contributed by atoms with Crippen molar-refractivity contribution in [3.8, 4) is 0 Å². The lowest BCUT2D eigenvalue weighted by atomic mass is 10.3. The van der Waals surface area contributed by atoms with E-state index < -0.39 is 0 Å². The van der Waals surface area contributed by atoms with Gasteiger partial charge in [0, 0.05) is 12.6 Å². The van der Waals surface area contributed by atoms with Gasteiger partial charge in [-0.25, -0.2) is 0 Å². The summed E-state index contributed by atoms with van der Waals surface area (Å²) in [6.07, 6.45) is 4.57. The molecule has 2 fully saturated rings. The van der Waals surface area contributed by atoms with Crippen LogP contribution in [0.3, 0.4) is 0 Å². The summed E-state index contributed by atoms with van der Waals surface area (Å²) >= 11 is 0. The van der Waals surface area contributed by atoms with Crippen LogP contribution in [0.5, 0.6) is 0 Å². The molecular formula is C9H13N5O. The fourth-order valence-electron chi connectivity index (χ4n) is 2.09. The predicted molar refractivity (Wildman–Crippen MR) is 52.8 cm³/mol. The Balaban J connectivity index is 1.80. The fourth-order valence-corrected chi connectivity index (χ4v) is 2.09. The first-order chi connectivity index (χ1) is 7.25. The van der Waals surface area contributed by atoms with Crippen LogP contribution in [0.4, 0.5) is 5.82 Å². The van der Waals surface area contributed by atoms with Gasteiger partial charge in [0.25, 0.3) is 0 Å². The second-order valence-corrected chi connectivity index (χ2v) is 4.16. The van der Waals surface area contributed by atoms with E-state index >= 15 is 0 Å². The minimum Gasteiger partial charge on any atom is -0.381 e. The predicted octanol–water partition coefficient (Wildman–Crippen LogP) is -0.204. The van der Waals surface area contributed by atoms with Crippen LogP contribution in [0.1, 0.15) is 25.3 Å². The van der Waals surface area contributed by atoms with Crippen LogP contribution in [0, 0.1) is 0 Å². The molecule has 1 saturated heterocycles. The number of nitrogens with two attached hydrogens (primary N) is 1. The molecule has 1 atom stereocenters. The van der Waals surface area contributed by atoms with Gasteiger partial charge >= 0.3 is 0 Å². The second kappa shape index (κ2) is 2.95. The van der Waals surface area contributed by atoms with E-state index in [1.54, 1.807) is 0 Å². The SMILES string of the molecule is Nc1cnn(C2CCN(C3CC3)C2=O)n1. The molecule has 2 N–H and O–H groups in total. The summed E-state index contributed by atoms with van der Waals surface area (Å²) in [5.41, 5.74) is 5.48. The van der Waals surface area contributed by atoms with Gasteiger partial charge in [0.1, 0.15) is 0 Å². The van der Waals surface area contributed by atoms with Crippen LogP contribution in [-0.4, -0.2) is 38.4 Å². The van der Waals surface area contributed by atoms with Gasteiger partial charge in [0.05, 0.1) is 6.20 Å². The van der Waals surface area contributed by atoms with E-state index in [-0.39, 0.29) is 11.9 Å². The third-order valence-corrected chi connectivity index (χ3v) is 3.00. The standard InChI is InChI=1S/C9H13N5O/c10-8-5-11-14(12-8)7-3-4-13(9(7)15)6-1-2-6/h5-7H,1-4H2,(H2,10,12). The molecule has 3 rings (SSSR count). The van der Waals surface area contributed by atoms with E-state index in [0.29, 0.717) is 11.9 Å². The van der Waals surface area contributed by atoms with Crippen molar-refractivity contribution in [2.24, 2.45) is 0 Å². The second-order valence-electron chi connectivity index (χ2n) is 4.16. The van der Waals surface area contributed by atoms with Gasteiger partial charge in [-0.2, -0.15) is 9.90 Å². The maximum atomic E-state index is 12.0. The molecule has 15 heavy (non-hydrogen) atoms. The number of likely N-dealkylation sites (tertiary alicyclic amines) is 1. The number of aromatic nitrogens is 3. The van der Waals surface area contributed by atoms with Crippen molar-refractivity contribution >= 4 is 11.7 Å². The van der Waals surface area contributed by atoms with E-state index in [4.69, 9.17) is 5.73 Å². The summed E-state index contributed by atoms with van der Waals surface area (Å²) < 4.78 is 0. The number of carbonyl (C=O) groups excluding carboxylic acids is 1. The quantitative estimate of drug-likeness (QED) is 0.728. The lowest BCUT2D eigenvalue weighted by Gasteiger charge is -2.14. The molecule has 1 aliphatic heterocycles. The largest absolute Gasteiger partial charge is 0.381 e. The number of anilines is 1. The lowest BCUT2D eigenvalue weighted by Crippen LogP contribution is -2.31. The van der Waals surface area contributed by atoms with Crippen LogP contribution in [0.15, 0.2) is 6.20 Å². The first kappa shape index (κ1) is 8.70. The van der Waals surface area contributed by atoms with Crippen molar-refractivity contribution in [2.75, 3.05) is 12.3 Å². The van der Waals surface area contributed by atoms with Crippen LogP contribution < -0.4 is 5.73 Å². The first-order valence-electron chi connectivity index (χ1n) is 5.23. The Kier molecular flexibility index (Phi) is 1.71. The summed E-state index contributed by atoms with van der Waals surface area (Å²) in [4.78, 5) is 15.4.